The van der Waals surface area contributed by atoms with Crippen LogP contribution in [0.3, 0.4) is 0 Å². The van der Waals surface area contributed by atoms with E-state index in [0.29, 0.717) is 5.69 Å². The lowest BCUT2D eigenvalue weighted by atomic mass is 10.3. The van der Waals surface area contributed by atoms with Crippen LogP contribution in [0.5, 0.6) is 0 Å². The second kappa shape index (κ2) is 6.11. The summed E-state index contributed by atoms with van der Waals surface area (Å²) in [5, 5.41) is 2.73. The number of nitrogens with one attached hydrogen (secondary N) is 2. The van der Waals surface area contributed by atoms with E-state index < -0.39 is 10.0 Å². The lowest BCUT2D eigenvalue weighted by molar-refractivity contribution is -0.114. The third-order valence-electron chi connectivity index (χ3n) is 2.47. The number of carbonyl (C=O) groups excluding carboxylic acids is 1. The van der Waals surface area contributed by atoms with E-state index in [4.69, 9.17) is 11.6 Å². The number of carbonyl (C=O) groups is 1. The lowest BCUT2D eigenvalue weighted by Gasteiger charge is -2.10. The summed E-state index contributed by atoms with van der Waals surface area (Å²) in [6.45, 7) is 1.31. The first-order chi connectivity index (χ1) is 9.88. The molecule has 0 aliphatic rings. The largest absolute Gasteiger partial charge is 0.325 e. The van der Waals surface area contributed by atoms with Gasteiger partial charge in [-0.25, -0.2) is 8.42 Å². The van der Waals surface area contributed by atoms with Crippen LogP contribution in [0.25, 0.3) is 0 Å². The average Bonchev–Trinajstić information content (AvgIpc) is 2.41. The van der Waals surface area contributed by atoms with E-state index in [0.717, 1.165) is 0 Å². The number of hydrogen-bond donors (Lipinski definition) is 2. The van der Waals surface area contributed by atoms with Gasteiger partial charge >= 0.3 is 0 Å². The molecular formula is C13H12ClN3O3S. The number of anilines is 2. The minimum atomic E-state index is -3.79. The van der Waals surface area contributed by atoms with Crippen molar-refractivity contribution in [2.45, 2.75) is 11.8 Å². The maximum absolute atomic E-state index is 12.3. The molecule has 21 heavy (non-hydrogen) atoms. The normalized spacial score (nSPS) is 11.0. The first-order valence-corrected chi connectivity index (χ1v) is 7.74. The van der Waals surface area contributed by atoms with Gasteiger partial charge in [-0.05, 0) is 30.3 Å². The Morgan fingerprint density at radius 2 is 2.05 bits per heavy atom. The molecule has 1 aromatic carbocycles. The molecular weight excluding hydrogens is 314 g/mol. The van der Waals surface area contributed by atoms with Crippen LogP contribution in [0, 0.1) is 0 Å². The van der Waals surface area contributed by atoms with E-state index in [1.54, 1.807) is 12.1 Å². The summed E-state index contributed by atoms with van der Waals surface area (Å²) in [6.07, 6.45) is 2.93. The van der Waals surface area contributed by atoms with Gasteiger partial charge in [0.25, 0.3) is 10.0 Å². The number of hydrogen-bond acceptors (Lipinski definition) is 4. The number of amides is 1. The van der Waals surface area contributed by atoms with Crippen molar-refractivity contribution >= 4 is 38.9 Å². The van der Waals surface area contributed by atoms with Crippen LogP contribution in [-0.2, 0) is 14.8 Å². The van der Waals surface area contributed by atoms with Crippen molar-refractivity contribution in [1.82, 2.24) is 4.98 Å². The van der Waals surface area contributed by atoms with Gasteiger partial charge in [0.05, 0.1) is 27.5 Å². The van der Waals surface area contributed by atoms with Gasteiger partial charge < -0.3 is 5.32 Å². The summed E-state index contributed by atoms with van der Waals surface area (Å²) in [7, 11) is -3.79. The molecule has 1 amide bonds. The number of rotatable bonds is 4. The third-order valence-corrected chi connectivity index (χ3v) is 4.18. The third kappa shape index (κ3) is 3.93. The zero-order valence-corrected chi connectivity index (χ0v) is 12.6. The molecule has 2 aromatic rings. The molecule has 110 valence electrons. The van der Waals surface area contributed by atoms with Gasteiger partial charge in [0.15, 0.2) is 0 Å². The topological polar surface area (TPSA) is 88.2 Å². The van der Waals surface area contributed by atoms with Crippen molar-refractivity contribution in [3.8, 4) is 0 Å². The van der Waals surface area contributed by atoms with Crippen LogP contribution in [0.1, 0.15) is 6.92 Å². The second-order valence-corrected chi connectivity index (χ2v) is 6.26. The predicted molar refractivity (Wildman–Crippen MR) is 80.8 cm³/mol. The Kier molecular flexibility index (Phi) is 4.44. The summed E-state index contributed by atoms with van der Waals surface area (Å²) in [5.41, 5.74) is 0.576. The second-order valence-electron chi connectivity index (χ2n) is 4.17. The van der Waals surface area contributed by atoms with Crippen LogP contribution < -0.4 is 10.0 Å². The van der Waals surface area contributed by atoms with E-state index in [2.05, 4.69) is 15.0 Å². The molecule has 0 radical (unpaired) electrons. The molecule has 0 bridgehead atoms. The van der Waals surface area contributed by atoms with Crippen LogP contribution >= 0.6 is 11.6 Å². The smallest absolute Gasteiger partial charge is 0.262 e. The van der Waals surface area contributed by atoms with Crippen LogP contribution in [0.4, 0.5) is 11.4 Å². The maximum atomic E-state index is 12.3. The summed E-state index contributed by atoms with van der Waals surface area (Å²) in [6, 6.07) is 7.25. The Labute approximate surface area is 127 Å². The molecule has 0 aliphatic heterocycles. The minimum Gasteiger partial charge on any atom is -0.325 e. The van der Waals surface area contributed by atoms with Crippen LogP contribution in [0.2, 0.25) is 5.02 Å². The van der Waals surface area contributed by atoms with Crippen molar-refractivity contribution in [2.75, 3.05) is 10.0 Å². The Morgan fingerprint density at radius 1 is 1.29 bits per heavy atom. The van der Waals surface area contributed by atoms with E-state index in [1.165, 1.54) is 37.5 Å². The molecule has 6 nitrogen and oxygen atoms in total. The molecule has 0 saturated carbocycles. The predicted octanol–water partition coefficient (Wildman–Crippen LogP) is 2.49. The molecule has 0 aliphatic carbocycles. The van der Waals surface area contributed by atoms with Gasteiger partial charge in [0.1, 0.15) is 0 Å². The molecule has 0 spiro atoms. The highest BCUT2D eigenvalue weighted by Gasteiger charge is 2.16. The summed E-state index contributed by atoms with van der Waals surface area (Å²) in [5.74, 6) is -0.341. The molecule has 0 unspecified atom stereocenters. The molecule has 1 heterocycles. The number of aromatic nitrogens is 1. The molecule has 2 rings (SSSR count). The number of pyridine rings is 1. The highest BCUT2D eigenvalue weighted by Crippen LogP contribution is 2.26. The fourth-order valence-corrected chi connectivity index (χ4v) is 2.83. The maximum Gasteiger partial charge on any atom is 0.262 e. The SMILES string of the molecule is CC(=O)Nc1cc(S(=O)(=O)Nc2cccnc2)ccc1Cl. The van der Waals surface area contributed by atoms with Crippen LogP contribution in [-0.4, -0.2) is 19.3 Å². The quantitative estimate of drug-likeness (QED) is 0.904. The van der Waals surface area contributed by atoms with E-state index in [1.807, 2.05) is 0 Å². The fourth-order valence-electron chi connectivity index (χ4n) is 1.59. The number of nitrogens with zero attached hydrogens (tertiary/aromatic N) is 1. The van der Waals surface area contributed by atoms with Gasteiger partial charge in [-0.3, -0.25) is 14.5 Å². The van der Waals surface area contributed by atoms with Gasteiger partial charge in [-0.2, -0.15) is 0 Å². The van der Waals surface area contributed by atoms with Gasteiger partial charge in [-0.15, -0.1) is 0 Å². The average molecular weight is 326 g/mol. The Balaban J connectivity index is 2.34. The Morgan fingerprint density at radius 3 is 2.67 bits per heavy atom. The van der Waals surface area contributed by atoms with Crippen LogP contribution in [0.15, 0.2) is 47.6 Å². The van der Waals surface area contributed by atoms with Crippen molar-refractivity contribution in [2.24, 2.45) is 0 Å². The highest BCUT2D eigenvalue weighted by molar-refractivity contribution is 7.92. The molecule has 2 N–H and O–H groups in total. The monoisotopic (exact) mass is 325 g/mol. The zero-order valence-electron chi connectivity index (χ0n) is 11.0. The molecule has 1 aromatic heterocycles. The fraction of sp³-hybridized carbons (Fsp3) is 0.0769. The standard InChI is InChI=1S/C13H12ClN3O3S/c1-9(18)16-13-7-11(4-5-12(13)14)21(19,20)17-10-3-2-6-15-8-10/h2-8,17H,1H3,(H,16,18). The number of benzene rings is 1. The van der Waals surface area contributed by atoms with E-state index in [-0.39, 0.29) is 21.5 Å². The highest BCUT2D eigenvalue weighted by atomic mass is 35.5. The molecule has 8 heteroatoms. The van der Waals surface area contributed by atoms with Gasteiger partial charge in [-0.1, -0.05) is 11.6 Å². The molecule has 0 atom stereocenters. The first-order valence-electron chi connectivity index (χ1n) is 5.88. The van der Waals surface area contributed by atoms with E-state index >= 15 is 0 Å². The van der Waals surface area contributed by atoms with Gasteiger partial charge in [0.2, 0.25) is 5.91 Å². The Hall–Kier alpha value is -2.12. The minimum absolute atomic E-state index is 0.0143. The van der Waals surface area contributed by atoms with Crippen molar-refractivity contribution in [1.29, 1.82) is 0 Å². The lowest BCUT2D eigenvalue weighted by Crippen LogP contribution is -2.14. The molecule has 0 saturated heterocycles. The van der Waals surface area contributed by atoms with Crippen molar-refractivity contribution in [3.63, 3.8) is 0 Å². The zero-order chi connectivity index (χ0) is 15.5. The van der Waals surface area contributed by atoms with Crippen molar-refractivity contribution in [3.05, 3.63) is 47.7 Å². The van der Waals surface area contributed by atoms with Gasteiger partial charge in [0, 0.05) is 13.1 Å². The summed E-state index contributed by atoms with van der Waals surface area (Å²) < 4.78 is 26.9. The molecule has 0 fully saturated rings. The number of halogens is 1. The number of sulfonamides is 1. The Bertz CT molecular complexity index is 763. The van der Waals surface area contributed by atoms with E-state index in [9.17, 15) is 13.2 Å². The first kappa shape index (κ1) is 15.3. The summed E-state index contributed by atoms with van der Waals surface area (Å²) >= 11 is 5.91. The van der Waals surface area contributed by atoms with Crippen molar-refractivity contribution < 1.29 is 13.2 Å². The summed E-state index contributed by atoms with van der Waals surface area (Å²) in [4.78, 5) is 14.9.